The Balaban J connectivity index is 1.70. The Morgan fingerprint density at radius 2 is 2.39 bits per heavy atom. The first kappa shape index (κ1) is 11.0. The minimum Gasteiger partial charge on any atom is -0.477 e. The molecule has 0 aliphatic carbocycles. The van der Waals surface area contributed by atoms with Crippen molar-refractivity contribution in [2.45, 2.75) is 6.10 Å². The molecule has 0 fully saturated rings. The topological polar surface area (TPSA) is 63.2 Å². The molecule has 1 unspecified atom stereocenters. The normalized spacial score (nSPS) is 17.2. The second kappa shape index (κ2) is 4.66. The highest BCUT2D eigenvalue weighted by Gasteiger charge is 2.25. The van der Waals surface area contributed by atoms with Crippen LogP contribution in [0, 0.1) is 0 Å². The summed E-state index contributed by atoms with van der Waals surface area (Å²) in [7, 11) is 0. The third kappa shape index (κ3) is 2.14. The van der Waals surface area contributed by atoms with E-state index < -0.39 is 6.10 Å². The first-order valence-corrected chi connectivity index (χ1v) is 6.41. The summed E-state index contributed by atoms with van der Waals surface area (Å²) in [5.74, 6) is 0.509. The van der Waals surface area contributed by atoms with E-state index in [9.17, 15) is 4.79 Å². The van der Waals surface area contributed by atoms with E-state index in [1.165, 1.54) is 11.3 Å². The van der Waals surface area contributed by atoms with Crippen LogP contribution in [0.15, 0.2) is 35.8 Å². The molecule has 0 spiro atoms. The quantitative estimate of drug-likeness (QED) is 0.867. The maximum absolute atomic E-state index is 12.0. The van der Waals surface area contributed by atoms with Crippen molar-refractivity contribution in [2.75, 3.05) is 17.2 Å². The number of benzene rings is 1. The van der Waals surface area contributed by atoms with Crippen molar-refractivity contribution in [1.29, 1.82) is 0 Å². The van der Waals surface area contributed by atoms with Crippen LogP contribution in [0.4, 0.5) is 10.8 Å². The monoisotopic (exact) mass is 261 g/mol. The number of ether oxygens (including phenoxy) is 1. The molecule has 92 valence electrons. The van der Waals surface area contributed by atoms with Crippen LogP contribution in [0.25, 0.3) is 0 Å². The summed E-state index contributed by atoms with van der Waals surface area (Å²) in [4.78, 5) is 16.0. The molecule has 3 rings (SSSR count). The summed E-state index contributed by atoms with van der Waals surface area (Å²) >= 11 is 1.38. The number of hydrogen-bond acceptors (Lipinski definition) is 5. The number of carbonyl (C=O) groups is 1. The molecular formula is C12H11N3O2S. The second-order valence-corrected chi connectivity index (χ2v) is 4.70. The zero-order valence-electron chi connectivity index (χ0n) is 9.42. The number of nitrogens with zero attached hydrogens (tertiary/aromatic N) is 1. The van der Waals surface area contributed by atoms with Crippen molar-refractivity contribution in [1.82, 2.24) is 4.98 Å². The van der Waals surface area contributed by atoms with Crippen LogP contribution < -0.4 is 15.4 Å². The smallest absolute Gasteiger partial charge is 0.269 e. The number of anilines is 2. The SMILES string of the molecule is O=C(Nc1nccs1)C1CNc2ccccc2O1. The van der Waals surface area contributed by atoms with Crippen molar-refractivity contribution in [2.24, 2.45) is 0 Å². The highest BCUT2D eigenvalue weighted by molar-refractivity contribution is 7.13. The van der Waals surface area contributed by atoms with Gasteiger partial charge >= 0.3 is 0 Å². The van der Waals surface area contributed by atoms with E-state index in [2.05, 4.69) is 15.6 Å². The van der Waals surface area contributed by atoms with E-state index in [1.807, 2.05) is 29.6 Å². The number of para-hydroxylation sites is 2. The van der Waals surface area contributed by atoms with Gasteiger partial charge in [-0.15, -0.1) is 11.3 Å². The van der Waals surface area contributed by atoms with E-state index in [0.29, 0.717) is 17.4 Å². The summed E-state index contributed by atoms with van der Waals surface area (Å²) in [5, 5.41) is 8.29. The van der Waals surface area contributed by atoms with Gasteiger partial charge in [0.2, 0.25) is 0 Å². The molecule has 0 saturated heterocycles. The lowest BCUT2D eigenvalue weighted by Crippen LogP contribution is -2.41. The first-order chi connectivity index (χ1) is 8.83. The molecule has 18 heavy (non-hydrogen) atoms. The molecule has 1 aliphatic heterocycles. The fraction of sp³-hybridized carbons (Fsp3) is 0.167. The highest BCUT2D eigenvalue weighted by atomic mass is 32.1. The van der Waals surface area contributed by atoms with Crippen molar-refractivity contribution in [3.05, 3.63) is 35.8 Å². The van der Waals surface area contributed by atoms with E-state index in [1.54, 1.807) is 6.20 Å². The van der Waals surface area contributed by atoms with Gasteiger partial charge < -0.3 is 10.1 Å². The Hall–Kier alpha value is -2.08. The van der Waals surface area contributed by atoms with Crippen LogP contribution in [-0.2, 0) is 4.79 Å². The number of amides is 1. The molecule has 0 bridgehead atoms. The Morgan fingerprint density at radius 3 is 3.22 bits per heavy atom. The number of rotatable bonds is 2. The van der Waals surface area contributed by atoms with Crippen molar-refractivity contribution < 1.29 is 9.53 Å². The lowest BCUT2D eigenvalue weighted by Gasteiger charge is -2.26. The third-order valence-electron chi connectivity index (χ3n) is 2.59. The minimum absolute atomic E-state index is 0.188. The summed E-state index contributed by atoms with van der Waals surface area (Å²) in [6.07, 6.45) is 1.11. The molecule has 2 N–H and O–H groups in total. The van der Waals surface area contributed by atoms with Crippen molar-refractivity contribution in [3.8, 4) is 5.75 Å². The summed E-state index contributed by atoms with van der Waals surface area (Å²) in [6, 6.07) is 7.56. The summed E-state index contributed by atoms with van der Waals surface area (Å²) < 4.78 is 5.64. The first-order valence-electron chi connectivity index (χ1n) is 5.53. The van der Waals surface area contributed by atoms with E-state index >= 15 is 0 Å². The lowest BCUT2D eigenvalue weighted by atomic mass is 10.2. The van der Waals surface area contributed by atoms with Crippen LogP contribution in [0.5, 0.6) is 5.75 Å². The zero-order chi connectivity index (χ0) is 12.4. The molecule has 0 radical (unpaired) electrons. The Kier molecular flexibility index (Phi) is 2.85. The Labute approximate surface area is 108 Å². The molecule has 5 nitrogen and oxygen atoms in total. The van der Waals surface area contributed by atoms with Crippen molar-refractivity contribution >= 4 is 28.1 Å². The van der Waals surface area contributed by atoms with Crippen molar-refractivity contribution in [3.63, 3.8) is 0 Å². The van der Waals surface area contributed by atoms with Gasteiger partial charge in [0.15, 0.2) is 11.2 Å². The van der Waals surface area contributed by atoms with Gasteiger partial charge in [0.25, 0.3) is 5.91 Å². The molecule has 1 atom stereocenters. The molecule has 1 aromatic carbocycles. The van der Waals surface area contributed by atoms with E-state index in [-0.39, 0.29) is 5.91 Å². The summed E-state index contributed by atoms with van der Waals surface area (Å²) in [5.41, 5.74) is 0.913. The highest BCUT2D eigenvalue weighted by Crippen LogP contribution is 2.28. The maximum Gasteiger partial charge on any atom is 0.269 e. The van der Waals surface area contributed by atoms with Gasteiger partial charge in [0.1, 0.15) is 5.75 Å². The fourth-order valence-corrected chi connectivity index (χ4v) is 2.26. The standard InChI is InChI=1S/C12H11N3O2S/c16-11(15-12-13-5-6-18-12)10-7-14-8-3-1-2-4-9(8)17-10/h1-6,10,14H,7H2,(H,13,15,16). The van der Waals surface area contributed by atoms with Gasteiger partial charge in [-0.25, -0.2) is 4.98 Å². The number of nitrogens with one attached hydrogen (secondary N) is 2. The predicted octanol–water partition coefficient (Wildman–Crippen LogP) is 1.95. The van der Waals surface area contributed by atoms with Gasteiger partial charge in [-0.05, 0) is 12.1 Å². The predicted molar refractivity (Wildman–Crippen MR) is 70.1 cm³/mol. The fourth-order valence-electron chi connectivity index (χ4n) is 1.73. The van der Waals surface area contributed by atoms with Gasteiger partial charge in [-0.1, -0.05) is 12.1 Å². The number of fused-ring (bicyclic) bond motifs is 1. The second-order valence-electron chi connectivity index (χ2n) is 3.81. The van der Waals surface area contributed by atoms with Gasteiger partial charge in [0.05, 0.1) is 12.2 Å². The average Bonchev–Trinajstić information content (AvgIpc) is 2.91. The number of aromatic nitrogens is 1. The van der Waals surface area contributed by atoms with Gasteiger partial charge in [-0.2, -0.15) is 0 Å². The number of carbonyl (C=O) groups excluding carboxylic acids is 1. The molecule has 0 saturated carbocycles. The minimum atomic E-state index is -0.538. The Morgan fingerprint density at radius 1 is 1.50 bits per heavy atom. The lowest BCUT2D eigenvalue weighted by molar-refractivity contribution is -0.122. The Bertz CT molecular complexity index is 556. The van der Waals surface area contributed by atoms with Crippen LogP contribution in [-0.4, -0.2) is 23.5 Å². The van der Waals surface area contributed by atoms with Crippen LogP contribution in [0.2, 0.25) is 0 Å². The third-order valence-corrected chi connectivity index (χ3v) is 3.28. The number of hydrogen-bond donors (Lipinski definition) is 2. The van der Waals surface area contributed by atoms with Crippen LogP contribution >= 0.6 is 11.3 Å². The molecular weight excluding hydrogens is 250 g/mol. The molecule has 6 heteroatoms. The van der Waals surface area contributed by atoms with Gasteiger partial charge in [-0.3, -0.25) is 10.1 Å². The number of thiazole rings is 1. The molecule has 2 heterocycles. The largest absolute Gasteiger partial charge is 0.477 e. The maximum atomic E-state index is 12.0. The van der Waals surface area contributed by atoms with E-state index in [4.69, 9.17) is 4.74 Å². The molecule has 1 amide bonds. The molecule has 1 aromatic heterocycles. The van der Waals surface area contributed by atoms with E-state index in [0.717, 1.165) is 5.69 Å². The van der Waals surface area contributed by atoms with Crippen LogP contribution in [0.3, 0.4) is 0 Å². The molecule has 1 aliphatic rings. The zero-order valence-corrected chi connectivity index (χ0v) is 10.2. The average molecular weight is 261 g/mol. The van der Waals surface area contributed by atoms with Gasteiger partial charge in [0, 0.05) is 11.6 Å². The summed E-state index contributed by atoms with van der Waals surface area (Å²) in [6.45, 7) is 0.453. The molecule has 2 aromatic rings. The van der Waals surface area contributed by atoms with Crippen LogP contribution in [0.1, 0.15) is 0 Å².